The number of carboxylic acid groups (broad SMARTS) is 1. The third-order valence-corrected chi connectivity index (χ3v) is 5.73. The third kappa shape index (κ3) is 3.80. The fourth-order valence-electron chi connectivity index (χ4n) is 3.66. The molecule has 5 aromatic rings. The molecule has 36 heavy (non-hydrogen) atoms. The van der Waals surface area contributed by atoms with E-state index in [0.29, 0.717) is 18.2 Å². The van der Waals surface area contributed by atoms with Crippen molar-refractivity contribution in [3.05, 3.63) is 71.8 Å². The molecule has 4 heterocycles. The van der Waals surface area contributed by atoms with Gasteiger partial charge in [-0.2, -0.15) is 9.97 Å². The molecule has 0 spiro atoms. The number of fused-ring (bicyclic) bond motifs is 2. The lowest BCUT2D eigenvalue weighted by Crippen LogP contribution is -2.19. The maximum Gasteiger partial charge on any atom is 0.412 e. The summed E-state index contributed by atoms with van der Waals surface area (Å²) in [7, 11) is 0. The second-order valence-corrected chi connectivity index (χ2v) is 8.13. The molecule has 1 saturated carbocycles. The number of carboxylic acids is 1. The zero-order chi connectivity index (χ0) is 24.7. The van der Waals surface area contributed by atoms with Crippen LogP contribution in [0.3, 0.4) is 0 Å². The minimum absolute atomic E-state index is 0.0195. The van der Waals surface area contributed by atoms with Crippen LogP contribution in [0.1, 0.15) is 35.9 Å². The molecular weight excluding hydrogens is 468 g/mol. The first kappa shape index (κ1) is 21.4. The Balaban J connectivity index is 1.25. The molecule has 178 valence electrons. The molecule has 1 aliphatic carbocycles. The predicted octanol–water partition coefficient (Wildman–Crippen LogP) is 4.22. The van der Waals surface area contributed by atoms with Crippen molar-refractivity contribution in [2.75, 3.05) is 5.32 Å². The maximum absolute atomic E-state index is 12.5. The number of pyridine rings is 1. The van der Waals surface area contributed by atoms with Crippen molar-refractivity contribution in [2.24, 2.45) is 0 Å². The molecule has 2 N–H and O–H groups in total. The van der Waals surface area contributed by atoms with Gasteiger partial charge in [0.2, 0.25) is 17.4 Å². The van der Waals surface area contributed by atoms with E-state index in [2.05, 4.69) is 32.1 Å². The molecule has 1 amide bonds. The minimum Gasteiger partial charge on any atom is -0.480 e. The van der Waals surface area contributed by atoms with Crippen LogP contribution in [0.15, 0.2) is 61.9 Å². The summed E-state index contributed by atoms with van der Waals surface area (Å²) in [5, 5.41) is 12.6. The molecule has 0 bridgehead atoms. The first-order chi connectivity index (χ1) is 17.5. The number of benzene rings is 1. The number of nitrogens with one attached hydrogen (secondary N) is 1. The topological polar surface area (TPSA) is 154 Å². The number of oxazole rings is 2. The zero-order valence-corrected chi connectivity index (χ0v) is 18.5. The fourth-order valence-corrected chi connectivity index (χ4v) is 3.66. The average molecular weight is 484 g/mol. The van der Waals surface area contributed by atoms with E-state index >= 15 is 0 Å². The first-order valence-corrected chi connectivity index (χ1v) is 10.9. The van der Waals surface area contributed by atoms with Crippen LogP contribution >= 0.6 is 0 Å². The van der Waals surface area contributed by atoms with Crippen molar-refractivity contribution in [3.63, 3.8) is 0 Å². The summed E-state index contributed by atoms with van der Waals surface area (Å²) in [5.74, 6) is 4.66. The number of aliphatic carboxylic acids is 1. The largest absolute Gasteiger partial charge is 0.480 e. The van der Waals surface area contributed by atoms with E-state index in [0.717, 1.165) is 5.56 Å². The Kier molecular flexibility index (Phi) is 4.93. The SMILES string of the molecule is O=C(Nc1c(C#Cc2nc3oc(C4(C(=O)O)CC4)nc3o2)oc2ncccc12)OCc1ccccc1. The van der Waals surface area contributed by atoms with Crippen LogP contribution in [0, 0.1) is 11.8 Å². The number of carbonyl (C=O) groups is 2. The first-order valence-electron chi connectivity index (χ1n) is 10.9. The summed E-state index contributed by atoms with van der Waals surface area (Å²) in [6.07, 6.45) is 1.76. The van der Waals surface area contributed by atoms with Crippen LogP contribution in [0.5, 0.6) is 0 Å². The molecular formula is C25H16N4O7. The smallest absolute Gasteiger partial charge is 0.412 e. The molecule has 0 saturated heterocycles. The van der Waals surface area contributed by atoms with Crippen molar-refractivity contribution >= 4 is 40.3 Å². The van der Waals surface area contributed by atoms with Crippen molar-refractivity contribution in [1.29, 1.82) is 0 Å². The molecule has 1 fully saturated rings. The van der Waals surface area contributed by atoms with Crippen molar-refractivity contribution in [1.82, 2.24) is 15.0 Å². The Labute approximate surface area is 202 Å². The number of ether oxygens (including phenoxy) is 1. The van der Waals surface area contributed by atoms with Crippen molar-refractivity contribution in [2.45, 2.75) is 24.9 Å². The second kappa shape index (κ2) is 8.28. The van der Waals surface area contributed by atoms with Gasteiger partial charge in [0, 0.05) is 12.1 Å². The van der Waals surface area contributed by atoms with Gasteiger partial charge in [0.05, 0.1) is 5.39 Å². The monoisotopic (exact) mass is 484 g/mol. The molecule has 0 atom stereocenters. The standard InChI is InChI=1S/C25H16N4O7/c30-23(31)25(10-11-25)22-29-21-20(36-22)27-17(35-21)9-8-16-18(15-7-4-12-26-19(15)34-16)28-24(32)33-13-14-5-2-1-3-6-14/h1-7,12H,10-11,13H2,(H,28,32)(H,30,31). The highest BCUT2D eigenvalue weighted by molar-refractivity contribution is 5.99. The zero-order valence-electron chi connectivity index (χ0n) is 18.5. The van der Waals surface area contributed by atoms with E-state index in [1.807, 2.05) is 30.3 Å². The van der Waals surface area contributed by atoms with E-state index in [-0.39, 0.29) is 47.0 Å². The summed E-state index contributed by atoms with van der Waals surface area (Å²) in [4.78, 5) is 36.4. The normalized spacial score (nSPS) is 13.8. The van der Waals surface area contributed by atoms with Crippen LogP contribution in [0.2, 0.25) is 0 Å². The number of hydrogen-bond donors (Lipinski definition) is 2. The Morgan fingerprint density at radius 2 is 1.81 bits per heavy atom. The maximum atomic E-state index is 12.5. The highest BCUT2D eigenvalue weighted by Crippen LogP contribution is 2.48. The quantitative estimate of drug-likeness (QED) is 0.347. The van der Waals surface area contributed by atoms with Gasteiger partial charge in [-0.3, -0.25) is 10.1 Å². The molecule has 6 rings (SSSR count). The lowest BCUT2D eigenvalue weighted by molar-refractivity contribution is -0.140. The highest BCUT2D eigenvalue weighted by Gasteiger charge is 2.56. The van der Waals surface area contributed by atoms with Gasteiger partial charge in [-0.25, -0.2) is 9.78 Å². The van der Waals surface area contributed by atoms with E-state index in [9.17, 15) is 14.7 Å². The Bertz CT molecular complexity index is 1650. The van der Waals surface area contributed by atoms with Gasteiger partial charge in [-0.05, 0) is 36.5 Å². The summed E-state index contributed by atoms with van der Waals surface area (Å²) < 4.78 is 22.0. The molecule has 11 nitrogen and oxygen atoms in total. The Morgan fingerprint density at radius 3 is 2.56 bits per heavy atom. The number of hydrogen-bond acceptors (Lipinski definition) is 9. The van der Waals surface area contributed by atoms with Gasteiger partial charge in [-0.15, -0.1) is 0 Å². The average Bonchev–Trinajstić information content (AvgIpc) is 3.32. The van der Waals surface area contributed by atoms with Crippen LogP contribution in [-0.4, -0.2) is 32.1 Å². The number of nitrogens with zero attached hydrogens (tertiary/aromatic N) is 3. The number of aromatic nitrogens is 3. The molecule has 4 aromatic heterocycles. The van der Waals surface area contributed by atoms with Gasteiger partial charge >= 0.3 is 12.1 Å². The van der Waals surface area contributed by atoms with E-state index < -0.39 is 17.5 Å². The van der Waals surface area contributed by atoms with Crippen molar-refractivity contribution < 1.29 is 32.7 Å². The lowest BCUT2D eigenvalue weighted by atomic mass is 10.1. The fraction of sp³-hybridized carbons (Fsp3) is 0.160. The second-order valence-electron chi connectivity index (χ2n) is 8.13. The summed E-state index contributed by atoms with van der Waals surface area (Å²) in [5.41, 5.74) is 0.401. The van der Waals surface area contributed by atoms with E-state index in [4.69, 9.17) is 18.0 Å². The molecule has 1 aromatic carbocycles. The van der Waals surface area contributed by atoms with E-state index in [1.54, 1.807) is 18.3 Å². The highest BCUT2D eigenvalue weighted by atomic mass is 16.5. The van der Waals surface area contributed by atoms with Crippen LogP contribution in [-0.2, 0) is 21.6 Å². The van der Waals surface area contributed by atoms with Gasteiger partial charge in [0.15, 0.2) is 0 Å². The lowest BCUT2D eigenvalue weighted by Gasteiger charge is -2.06. The van der Waals surface area contributed by atoms with E-state index in [1.165, 1.54) is 0 Å². The summed E-state index contributed by atoms with van der Waals surface area (Å²) in [6.45, 7) is 0.0925. The van der Waals surface area contributed by atoms with Crippen LogP contribution < -0.4 is 5.32 Å². The number of amides is 1. The van der Waals surface area contributed by atoms with Gasteiger partial charge in [-0.1, -0.05) is 30.3 Å². The number of carbonyl (C=O) groups excluding carboxylic acids is 1. The molecule has 0 unspecified atom stereocenters. The number of rotatable bonds is 5. The summed E-state index contributed by atoms with van der Waals surface area (Å²) in [6, 6.07) is 12.7. The number of anilines is 1. The van der Waals surface area contributed by atoms with Crippen molar-refractivity contribution in [3.8, 4) is 11.8 Å². The van der Waals surface area contributed by atoms with Gasteiger partial charge in [0.1, 0.15) is 17.7 Å². The van der Waals surface area contributed by atoms with Crippen LogP contribution in [0.25, 0.3) is 22.5 Å². The molecule has 0 radical (unpaired) electrons. The molecule has 0 aliphatic heterocycles. The van der Waals surface area contributed by atoms with Crippen LogP contribution in [0.4, 0.5) is 10.5 Å². The Morgan fingerprint density at radius 1 is 1.00 bits per heavy atom. The number of furan rings is 1. The van der Waals surface area contributed by atoms with Gasteiger partial charge < -0.3 is 23.1 Å². The third-order valence-electron chi connectivity index (χ3n) is 5.73. The summed E-state index contributed by atoms with van der Waals surface area (Å²) >= 11 is 0. The van der Waals surface area contributed by atoms with Gasteiger partial charge in [0.25, 0.3) is 17.3 Å². The molecule has 1 aliphatic rings. The predicted molar refractivity (Wildman–Crippen MR) is 123 cm³/mol. The minimum atomic E-state index is -1.11. The Hall–Kier alpha value is -5.11. The molecule has 11 heteroatoms.